The summed E-state index contributed by atoms with van der Waals surface area (Å²) in [4.78, 5) is 13.5. The first kappa shape index (κ1) is 103. The molecule has 12 atom stereocenters. The van der Waals surface area contributed by atoms with Gasteiger partial charge < -0.3 is 65.1 Å². The van der Waals surface area contributed by atoms with Crippen LogP contribution in [-0.4, -0.2) is 140 Å². The van der Waals surface area contributed by atoms with Crippen LogP contribution in [0, 0.1) is 0 Å². The zero-order valence-electron chi connectivity index (χ0n) is 71.1. The van der Waals surface area contributed by atoms with E-state index in [1.807, 2.05) is 0 Å². The van der Waals surface area contributed by atoms with Crippen LogP contribution in [0.15, 0.2) is 12.2 Å². The van der Waals surface area contributed by atoms with Crippen LogP contribution in [0.2, 0.25) is 0 Å². The maximum absolute atomic E-state index is 13.5. The summed E-state index contributed by atoms with van der Waals surface area (Å²) in [5, 5.41) is 88.1. The molecule has 0 spiro atoms. The van der Waals surface area contributed by atoms with Gasteiger partial charge in [-0.15, -0.1) is 0 Å². The quantitative estimate of drug-likeness (QED) is 0.0204. The molecule has 0 saturated carbocycles. The van der Waals surface area contributed by atoms with E-state index in [1.165, 1.54) is 411 Å². The molecular weight excluding hydrogens is 1350 g/mol. The third-order valence-electron chi connectivity index (χ3n) is 24.0. The lowest BCUT2D eigenvalue weighted by molar-refractivity contribution is -0.359. The van der Waals surface area contributed by atoms with E-state index < -0.39 is 86.8 Å². The molecule has 0 aromatic rings. The molecule has 0 aromatic heterocycles. The minimum Gasteiger partial charge on any atom is -0.394 e. The molecule has 2 fully saturated rings. The average Bonchev–Trinajstić information content (AvgIpc) is 0.789. The fraction of sp³-hybridized carbons (Fsp3) is 0.968. The highest BCUT2D eigenvalue weighted by atomic mass is 16.7. The molecule has 0 aromatic carbocycles. The van der Waals surface area contributed by atoms with Crippen molar-refractivity contribution < 1.29 is 64.6 Å². The number of amides is 1. The molecule has 9 N–H and O–H groups in total. The molecule has 2 rings (SSSR count). The predicted octanol–water partition coefficient (Wildman–Crippen LogP) is 23.9. The van der Waals surface area contributed by atoms with E-state index in [2.05, 4.69) is 31.3 Å². The zero-order valence-corrected chi connectivity index (χ0v) is 71.1. The van der Waals surface area contributed by atoms with Gasteiger partial charge in [0.15, 0.2) is 12.6 Å². The van der Waals surface area contributed by atoms with Crippen LogP contribution in [0.4, 0.5) is 0 Å². The molecule has 0 bridgehead atoms. The van der Waals surface area contributed by atoms with Crippen molar-refractivity contribution in [3.63, 3.8) is 0 Å². The maximum Gasteiger partial charge on any atom is 0.220 e. The Morgan fingerprint density at radius 2 is 0.583 bits per heavy atom. The molecule has 0 radical (unpaired) electrons. The van der Waals surface area contributed by atoms with E-state index in [4.69, 9.17) is 18.9 Å². The highest BCUT2D eigenvalue weighted by Gasteiger charge is 2.51. The van der Waals surface area contributed by atoms with E-state index in [1.54, 1.807) is 0 Å². The van der Waals surface area contributed by atoms with Crippen LogP contribution in [0.3, 0.4) is 0 Å². The summed E-state index contributed by atoms with van der Waals surface area (Å²) in [7, 11) is 0. The number of carbonyl (C=O) groups excluding carboxylic acids is 1. The van der Waals surface area contributed by atoms with Crippen LogP contribution < -0.4 is 5.32 Å². The highest BCUT2D eigenvalue weighted by molar-refractivity contribution is 5.76. The molecule has 0 aliphatic carbocycles. The van der Waals surface area contributed by atoms with Gasteiger partial charge in [0.1, 0.15) is 48.8 Å². The van der Waals surface area contributed by atoms with E-state index in [-0.39, 0.29) is 12.5 Å². The van der Waals surface area contributed by atoms with Crippen molar-refractivity contribution >= 4 is 5.91 Å². The molecule has 642 valence electrons. The van der Waals surface area contributed by atoms with Gasteiger partial charge in [-0.05, 0) is 38.5 Å². The first-order valence-corrected chi connectivity index (χ1v) is 47.9. The minimum atomic E-state index is -1.78. The van der Waals surface area contributed by atoms with E-state index >= 15 is 0 Å². The van der Waals surface area contributed by atoms with Crippen LogP contribution in [0.5, 0.6) is 0 Å². The number of ether oxygens (including phenoxy) is 4. The first-order chi connectivity index (χ1) is 53.1. The summed E-state index contributed by atoms with van der Waals surface area (Å²) in [5.41, 5.74) is 0. The van der Waals surface area contributed by atoms with E-state index in [0.29, 0.717) is 12.8 Å². The van der Waals surface area contributed by atoms with Gasteiger partial charge in [0.05, 0.1) is 32.0 Å². The molecule has 14 heteroatoms. The molecule has 1 amide bonds. The van der Waals surface area contributed by atoms with E-state index in [0.717, 1.165) is 51.4 Å². The van der Waals surface area contributed by atoms with Crippen molar-refractivity contribution in [1.82, 2.24) is 5.32 Å². The van der Waals surface area contributed by atoms with Crippen molar-refractivity contribution in [1.29, 1.82) is 0 Å². The smallest absolute Gasteiger partial charge is 0.220 e. The van der Waals surface area contributed by atoms with Gasteiger partial charge in [0, 0.05) is 6.42 Å². The summed E-state index contributed by atoms with van der Waals surface area (Å²) in [6, 6.07) is -0.828. The number of hydrogen-bond donors (Lipinski definition) is 9. The van der Waals surface area contributed by atoms with Gasteiger partial charge in [-0.2, -0.15) is 0 Å². The Morgan fingerprint density at radius 3 is 0.880 bits per heavy atom. The second-order valence-corrected chi connectivity index (χ2v) is 34.2. The standard InChI is InChI=1S/C94H183NO13/c1-3-5-7-9-11-13-15-17-19-21-23-25-27-29-31-33-35-37-38-39-40-41-42-43-44-46-48-50-52-54-56-58-60-62-64-66-68-70-72-74-76-78-86(99)95-82(81-105-93-91(104)89(102)92(85(80-97)107-93)108-94-90(103)88(101)87(100)84(79-96)106-94)83(98)77-75-73-71-69-67-65-63-61-59-57-55-53-51-49-47-45-36-34-32-30-28-26-24-22-20-18-16-14-12-10-8-6-4-2/h21,23,82-85,87-94,96-98,100-104H,3-20,22,24-81H2,1-2H3,(H,95,99)/b23-21-. The van der Waals surface area contributed by atoms with Crippen LogP contribution in [0.1, 0.15) is 489 Å². The van der Waals surface area contributed by atoms with Crippen molar-refractivity contribution in [3.05, 3.63) is 12.2 Å². The van der Waals surface area contributed by atoms with Gasteiger partial charge >= 0.3 is 0 Å². The van der Waals surface area contributed by atoms with Crippen LogP contribution >= 0.6 is 0 Å². The third-order valence-corrected chi connectivity index (χ3v) is 24.0. The Hall–Kier alpha value is -1.27. The Labute approximate surface area is 666 Å². The molecule has 2 aliphatic rings. The molecule has 12 unspecified atom stereocenters. The average molecular weight is 1540 g/mol. The second kappa shape index (κ2) is 78.3. The number of allylic oxidation sites excluding steroid dienone is 2. The Balaban J connectivity index is 1.52. The maximum atomic E-state index is 13.5. The molecule has 2 heterocycles. The second-order valence-electron chi connectivity index (χ2n) is 34.2. The van der Waals surface area contributed by atoms with Gasteiger partial charge in [-0.1, -0.05) is 456 Å². The monoisotopic (exact) mass is 1530 g/mol. The Kier molecular flexibility index (Phi) is 74.5. The number of aliphatic hydroxyl groups is 8. The van der Waals surface area contributed by atoms with Gasteiger partial charge in [-0.25, -0.2) is 0 Å². The summed E-state index contributed by atoms with van der Waals surface area (Å²) in [6.07, 6.45) is 86.1. The van der Waals surface area contributed by atoms with E-state index in [9.17, 15) is 45.6 Å². The Morgan fingerprint density at radius 1 is 0.324 bits per heavy atom. The largest absolute Gasteiger partial charge is 0.394 e. The zero-order chi connectivity index (χ0) is 77.9. The van der Waals surface area contributed by atoms with Crippen molar-refractivity contribution in [2.24, 2.45) is 0 Å². The number of hydrogen-bond acceptors (Lipinski definition) is 13. The summed E-state index contributed by atoms with van der Waals surface area (Å²) in [6.45, 7) is 2.96. The fourth-order valence-electron chi connectivity index (χ4n) is 16.5. The molecular formula is C94H183NO13. The topological polar surface area (TPSA) is 228 Å². The molecule has 108 heavy (non-hydrogen) atoms. The van der Waals surface area contributed by atoms with Crippen molar-refractivity contribution in [2.75, 3.05) is 19.8 Å². The Bertz CT molecular complexity index is 1860. The van der Waals surface area contributed by atoms with Crippen LogP contribution in [0.25, 0.3) is 0 Å². The third kappa shape index (κ3) is 59.4. The van der Waals surface area contributed by atoms with Gasteiger partial charge in [-0.3, -0.25) is 4.79 Å². The lowest BCUT2D eigenvalue weighted by atomic mass is 9.97. The minimum absolute atomic E-state index is 0.194. The summed E-state index contributed by atoms with van der Waals surface area (Å²) in [5.74, 6) is -0.194. The lowest BCUT2D eigenvalue weighted by Gasteiger charge is -2.46. The number of carbonyl (C=O) groups is 1. The number of aliphatic hydroxyl groups excluding tert-OH is 8. The number of nitrogens with one attached hydrogen (secondary N) is 1. The molecule has 14 nitrogen and oxygen atoms in total. The summed E-state index contributed by atoms with van der Waals surface area (Å²) >= 11 is 0. The molecule has 2 saturated heterocycles. The fourth-order valence-corrected chi connectivity index (χ4v) is 16.5. The first-order valence-electron chi connectivity index (χ1n) is 47.9. The predicted molar refractivity (Wildman–Crippen MR) is 452 cm³/mol. The normalized spacial score (nSPS) is 21.1. The lowest BCUT2D eigenvalue weighted by Crippen LogP contribution is -2.65. The number of rotatable bonds is 84. The summed E-state index contributed by atoms with van der Waals surface area (Å²) < 4.78 is 23.1. The SMILES string of the molecule is CCCCCCCCCC/C=C\CCCCCCCCCCCCCCCCCCCCCCCCCCCCCCCC(=O)NC(COC1OC(CO)C(OC2OC(CO)C(O)C(O)C2O)C(O)C1O)C(O)CCCCCCCCCCCCCCCCCCCCCCCCCCCCCCCCCCC. The van der Waals surface area contributed by atoms with Crippen LogP contribution in [-0.2, 0) is 23.7 Å². The van der Waals surface area contributed by atoms with Crippen molar-refractivity contribution in [3.8, 4) is 0 Å². The number of unbranched alkanes of at least 4 members (excludes halogenated alkanes) is 69. The van der Waals surface area contributed by atoms with Gasteiger partial charge in [0.2, 0.25) is 5.91 Å². The van der Waals surface area contributed by atoms with Gasteiger partial charge in [0.25, 0.3) is 0 Å². The van der Waals surface area contributed by atoms with Crippen molar-refractivity contribution in [2.45, 2.75) is 563 Å². The molecule has 2 aliphatic heterocycles. The highest BCUT2D eigenvalue weighted by Crippen LogP contribution is 2.31.